The quantitative estimate of drug-likeness (QED) is 0.654. The molecule has 0 saturated heterocycles. The third-order valence-corrected chi connectivity index (χ3v) is 4.86. The van der Waals surface area contributed by atoms with Crippen LogP contribution in [0, 0.1) is 5.82 Å². The molecule has 3 aromatic rings. The predicted octanol–water partition coefficient (Wildman–Crippen LogP) is 4.26. The molecule has 0 spiro atoms. The Morgan fingerprint density at radius 3 is 2.87 bits per heavy atom. The summed E-state index contributed by atoms with van der Waals surface area (Å²) < 4.78 is 21.2. The highest BCUT2D eigenvalue weighted by atomic mass is 32.1. The van der Waals surface area contributed by atoms with Gasteiger partial charge in [0.2, 0.25) is 0 Å². The van der Waals surface area contributed by atoms with Crippen molar-refractivity contribution in [2.75, 3.05) is 20.3 Å². The Hall–Kier alpha value is -1.69. The first-order valence-corrected chi connectivity index (χ1v) is 8.68. The van der Waals surface area contributed by atoms with Crippen LogP contribution >= 0.6 is 11.3 Å². The summed E-state index contributed by atoms with van der Waals surface area (Å²) in [6, 6.07) is 9.24. The fourth-order valence-electron chi connectivity index (χ4n) is 2.99. The van der Waals surface area contributed by atoms with Crippen molar-refractivity contribution < 1.29 is 9.13 Å². The molecule has 122 valence electrons. The molecule has 0 fully saturated rings. The van der Waals surface area contributed by atoms with Crippen molar-refractivity contribution >= 4 is 22.2 Å². The van der Waals surface area contributed by atoms with E-state index in [0.29, 0.717) is 13.2 Å². The Labute approximate surface area is 139 Å². The van der Waals surface area contributed by atoms with Crippen LogP contribution in [0.3, 0.4) is 0 Å². The molecule has 0 radical (unpaired) electrons. The maximum atomic E-state index is 13.8. The standard InChI is InChI=1S/C18H21FN2OS/c1-3-21-16-7-6-13(19)11-14(16)15(12-20-8-9-22-2)18(21)17-5-4-10-23-17/h4-7,10-11,20H,3,8-9,12H2,1-2H3. The van der Waals surface area contributed by atoms with E-state index in [1.54, 1.807) is 24.5 Å². The molecule has 1 aromatic carbocycles. The summed E-state index contributed by atoms with van der Waals surface area (Å²) in [5.74, 6) is -0.193. The molecule has 3 nitrogen and oxygen atoms in total. The summed E-state index contributed by atoms with van der Waals surface area (Å²) in [5.41, 5.74) is 3.42. The zero-order chi connectivity index (χ0) is 16.2. The molecule has 0 saturated carbocycles. The topological polar surface area (TPSA) is 26.2 Å². The number of nitrogens with zero attached hydrogens (tertiary/aromatic N) is 1. The first-order valence-electron chi connectivity index (χ1n) is 7.80. The number of aromatic nitrogens is 1. The van der Waals surface area contributed by atoms with Crippen LogP contribution < -0.4 is 5.32 Å². The number of ether oxygens (including phenoxy) is 1. The van der Waals surface area contributed by atoms with Crippen LogP contribution in [0.25, 0.3) is 21.5 Å². The van der Waals surface area contributed by atoms with E-state index in [4.69, 9.17) is 4.74 Å². The van der Waals surface area contributed by atoms with E-state index in [0.717, 1.165) is 29.6 Å². The van der Waals surface area contributed by atoms with Gasteiger partial charge in [-0.2, -0.15) is 0 Å². The lowest BCUT2D eigenvalue weighted by atomic mass is 10.1. The lowest BCUT2D eigenvalue weighted by Crippen LogP contribution is -2.18. The normalized spacial score (nSPS) is 11.4. The summed E-state index contributed by atoms with van der Waals surface area (Å²) >= 11 is 1.72. The first kappa shape index (κ1) is 16.2. The van der Waals surface area contributed by atoms with Crippen LogP contribution in [0.1, 0.15) is 12.5 Å². The average molecular weight is 332 g/mol. The third-order valence-electron chi connectivity index (χ3n) is 3.99. The molecule has 0 aliphatic heterocycles. The highest BCUT2D eigenvalue weighted by Gasteiger charge is 2.18. The van der Waals surface area contributed by atoms with E-state index in [1.165, 1.54) is 16.6 Å². The van der Waals surface area contributed by atoms with Crippen molar-refractivity contribution in [3.8, 4) is 10.6 Å². The molecule has 2 aromatic heterocycles. The molecule has 0 bridgehead atoms. The van der Waals surface area contributed by atoms with Crippen LogP contribution in [0.15, 0.2) is 35.7 Å². The molecule has 23 heavy (non-hydrogen) atoms. The highest BCUT2D eigenvalue weighted by molar-refractivity contribution is 7.13. The van der Waals surface area contributed by atoms with Crippen LogP contribution in [0.2, 0.25) is 0 Å². The maximum absolute atomic E-state index is 13.8. The first-order chi connectivity index (χ1) is 11.3. The van der Waals surface area contributed by atoms with Crippen LogP contribution in [-0.4, -0.2) is 24.8 Å². The second kappa shape index (κ2) is 7.25. The number of benzene rings is 1. The molecule has 0 aliphatic carbocycles. The zero-order valence-corrected chi connectivity index (χ0v) is 14.3. The van der Waals surface area contributed by atoms with Gasteiger partial charge in [-0.15, -0.1) is 11.3 Å². The van der Waals surface area contributed by atoms with Gasteiger partial charge in [-0.1, -0.05) is 6.07 Å². The molecule has 0 unspecified atom stereocenters. The Kier molecular flexibility index (Phi) is 5.10. The molecule has 3 rings (SSSR count). The Morgan fingerprint density at radius 2 is 2.17 bits per heavy atom. The van der Waals surface area contributed by atoms with Crippen molar-refractivity contribution in [3.05, 3.63) is 47.1 Å². The van der Waals surface area contributed by atoms with E-state index in [2.05, 4.69) is 34.3 Å². The van der Waals surface area contributed by atoms with Crippen molar-refractivity contribution in [1.29, 1.82) is 0 Å². The summed E-state index contributed by atoms with van der Waals surface area (Å²) in [7, 11) is 1.69. The number of aryl methyl sites for hydroxylation is 1. The predicted molar refractivity (Wildman–Crippen MR) is 94.5 cm³/mol. The number of hydrogen-bond acceptors (Lipinski definition) is 3. The van der Waals surface area contributed by atoms with E-state index < -0.39 is 0 Å². The molecule has 0 aliphatic rings. The smallest absolute Gasteiger partial charge is 0.123 e. The number of halogens is 1. The van der Waals surface area contributed by atoms with E-state index in [-0.39, 0.29) is 5.82 Å². The van der Waals surface area contributed by atoms with Gasteiger partial charge in [0.15, 0.2) is 0 Å². The summed E-state index contributed by atoms with van der Waals surface area (Å²) in [6.07, 6.45) is 0. The van der Waals surface area contributed by atoms with E-state index >= 15 is 0 Å². The minimum absolute atomic E-state index is 0.193. The van der Waals surface area contributed by atoms with Crippen LogP contribution in [0.5, 0.6) is 0 Å². The number of fused-ring (bicyclic) bond motifs is 1. The largest absolute Gasteiger partial charge is 0.383 e. The van der Waals surface area contributed by atoms with Gasteiger partial charge >= 0.3 is 0 Å². The number of nitrogens with one attached hydrogen (secondary N) is 1. The monoisotopic (exact) mass is 332 g/mol. The summed E-state index contributed by atoms with van der Waals surface area (Å²) in [5, 5.41) is 6.46. The van der Waals surface area contributed by atoms with Gasteiger partial charge in [-0.05, 0) is 36.6 Å². The second-order valence-electron chi connectivity index (χ2n) is 5.38. The van der Waals surface area contributed by atoms with Gasteiger partial charge in [0.1, 0.15) is 5.82 Å². The van der Waals surface area contributed by atoms with Crippen molar-refractivity contribution in [2.24, 2.45) is 0 Å². The van der Waals surface area contributed by atoms with Gasteiger partial charge in [0.05, 0.1) is 17.2 Å². The minimum Gasteiger partial charge on any atom is -0.383 e. The second-order valence-corrected chi connectivity index (χ2v) is 6.33. The lowest BCUT2D eigenvalue weighted by molar-refractivity contribution is 0.199. The zero-order valence-electron chi connectivity index (χ0n) is 13.4. The Balaban J connectivity index is 2.12. The number of thiophene rings is 1. The SMILES string of the molecule is CCn1c(-c2cccs2)c(CNCCOC)c2cc(F)ccc21. The molecule has 0 amide bonds. The van der Waals surface area contributed by atoms with Crippen LogP contribution in [0.4, 0.5) is 4.39 Å². The number of methoxy groups -OCH3 is 1. The van der Waals surface area contributed by atoms with Gasteiger partial charge in [0.25, 0.3) is 0 Å². The molecular formula is C18H21FN2OS. The maximum Gasteiger partial charge on any atom is 0.123 e. The molecule has 5 heteroatoms. The Bertz CT molecular complexity index is 780. The highest BCUT2D eigenvalue weighted by Crippen LogP contribution is 2.36. The number of hydrogen-bond donors (Lipinski definition) is 1. The number of rotatable bonds is 7. The van der Waals surface area contributed by atoms with Gasteiger partial charge in [-0.3, -0.25) is 0 Å². The van der Waals surface area contributed by atoms with E-state index in [1.807, 2.05) is 6.07 Å². The average Bonchev–Trinajstić information content (AvgIpc) is 3.17. The minimum atomic E-state index is -0.193. The van der Waals surface area contributed by atoms with Crippen molar-refractivity contribution in [3.63, 3.8) is 0 Å². The van der Waals surface area contributed by atoms with Crippen molar-refractivity contribution in [2.45, 2.75) is 20.0 Å². The van der Waals surface area contributed by atoms with Crippen LogP contribution in [-0.2, 0) is 17.8 Å². The van der Waals surface area contributed by atoms with Crippen molar-refractivity contribution in [1.82, 2.24) is 9.88 Å². The lowest BCUT2D eigenvalue weighted by Gasteiger charge is -2.09. The van der Waals surface area contributed by atoms with Gasteiger partial charge in [0, 0.05) is 43.2 Å². The van der Waals surface area contributed by atoms with Gasteiger partial charge in [-0.25, -0.2) is 4.39 Å². The fraction of sp³-hybridized carbons (Fsp3) is 0.333. The third kappa shape index (κ3) is 3.17. The fourth-order valence-corrected chi connectivity index (χ4v) is 3.79. The van der Waals surface area contributed by atoms with Gasteiger partial charge < -0.3 is 14.6 Å². The molecular weight excluding hydrogens is 311 g/mol. The van der Waals surface area contributed by atoms with E-state index in [9.17, 15) is 4.39 Å². The molecule has 1 N–H and O–H groups in total. The molecule has 0 atom stereocenters. The molecule has 2 heterocycles. The summed E-state index contributed by atoms with van der Waals surface area (Å²) in [4.78, 5) is 1.21. The Morgan fingerprint density at radius 1 is 1.30 bits per heavy atom. The summed E-state index contributed by atoms with van der Waals surface area (Å²) in [6.45, 7) is 5.11.